The Balaban J connectivity index is 1.50. The molecule has 0 saturated carbocycles. The van der Waals surface area contributed by atoms with E-state index in [-0.39, 0.29) is 16.8 Å². The van der Waals surface area contributed by atoms with Crippen molar-refractivity contribution in [1.29, 1.82) is 0 Å². The van der Waals surface area contributed by atoms with Crippen molar-refractivity contribution in [3.8, 4) is 0 Å². The number of amides is 1. The Bertz CT molecular complexity index is 1040. The number of piperidine rings is 1. The van der Waals surface area contributed by atoms with Gasteiger partial charge in [0.25, 0.3) is 5.91 Å². The summed E-state index contributed by atoms with van der Waals surface area (Å²) in [5.74, 6) is -0.139. The van der Waals surface area contributed by atoms with Crippen molar-refractivity contribution in [1.82, 2.24) is 4.57 Å². The van der Waals surface area contributed by atoms with Gasteiger partial charge in [0, 0.05) is 36.1 Å². The van der Waals surface area contributed by atoms with Crippen LogP contribution >= 0.6 is 11.3 Å². The minimum Gasteiger partial charge on any atom is -0.372 e. The number of carbonyl (C=O) groups excluding carboxylic acids is 1. The lowest BCUT2D eigenvalue weighted by Gasteiger charge is -2.28. The van der Waals surface area contributed by atoms with Crippen molar-refractivity contribution in [3.05, 3.63) is 57.7 Å². The molecule has 5 nitrogen and oxygen atoms in total. The van der Waals surface area contributed by atoms with E-state index in [1.54, 1.807) is 4.57 Å². The third kappa shape index (κ3) is 3.69. The SMILES string of the molecule is CC(C)n1c(=O)sc2cc(NC(=O)c3ccc(N4CCCCC4)cc3)ccc21. The molecule has 1 fully saturated rings. The fraction of sp³-hybridized carbons (Fsp3) is 0.364. The van der Waals surface area contributed by atoms with Gasteiger partial charge in [0.1, 0.15) is 0 Å². The van der Waals surface area contributed by atoms with Gasteiger partial charge in [-0.25, -0.2) is 0 Å². The van der Waals surface area contributed by atoms with Crippen molar-refractivity contribution in [2.75, 3.05) is 23.3 Å². The summed E-state index contributed by atoms with van der Waals surface area (Å²) in [7, 11) is 0. The number of rotatable bonds is 4. The summed E-state index contributed by atoms with van der Waals surface area (Å²) in [6.45, 7) is 6.17. The number of aromatic nitrogens is 1. The fourth-order valence-electron chi connectivity index (χ4n) is 3.78. The highest BCUT2D eigenvalue weighted by Gasteiger charge is 2.14. The molecule has 0 radical (unpaired) electrons. The maximum Gasteiger partial charge on any atom is 0.308 e. The van der Waals surface area contributed by atoms with E-state index in [1.807, 2.05) is 56.3 Å². The van der Waals surface area contributed by atoms with Gasteiger partial charge in [0.15, 0.2) is 0 Å². The number of nitrogens with zero attached hydrogens (tertiary/aromatic N) is 2. The van der Waals surface area contributed by atoms with E-state index < -0.39 is 0 Å². The van der Waals surface area contributed by atoms with E-state index in [1.165, 1.54) is 36.3 Å². The summed E-state index contributed by atoms with van der Waals surface area (Å²) >= 11 is 1.21. The largest absolute Gasteiger partial charge is 0.372 e. The Kier molecular flexibility index (Phi) is 5.22. The zero-order valence-electron chi connectivity index (χ0n) is 16.3. The second kappa shape index (κ2) is 7.80. The topological polar surface area (TPSA) is 54.3 Å². The van der Waals surface area contributed by atoms with Crippen LogP contribution in [0.3, 0.4) is 0 Å². The third-order valence-electron chi connectivity index (χ3n) is 5.24. The first kappa shape index (κ1) is 18.7. The van der Waals surface area contributed by atoms with Gasteiger partial charge in [-0.3, -0.25) is 14.2 Å². The van der Waals surface area contributed by atoms with Crippen LogP contribution in [0, 0.1) is 0 Å². The summed E-state index contributed by atoms with van der Waals surface area (Å²) in [5, 5.41) is 2.95. The van der Waals surface area contributed by atoms with Gasteiger partial charge >= 0.3 is 4.87 Å². The first-order valence-corrected chi connectivity index (χ1v) is 10.7. The lowest BCUT2D eigenvalue weighted by Crippen LogP contribution is -2.29. The zero-order valence-corrected chi connectivity index (χ0v) is 17.1. The molecule has 0 unspecified atom stereocenters. The second-order valence-electron chi connectivity index (χ2n) is 7.56. The van der Waals surface area contributed by atoms with E-state index in [0.717, 1.165) is 23.3 Å². The molecule has 0 bridgehead atoms. The molecule has 1 amide bonds. The summed E-state index contributed by atoms with van der Waals surface area (Å²) in [6.07, 6.45) is 3.77. The Morgan fingerprint density at radius 2 is 1.75 bits per heavy atom. The Hall–Kier alpha value is -2.60. The van der Waals surface area contributed by atoms with Crippen molar-refractivity contribution >= 4 is 38.8 Å². The average Bonchev–Trinajstić information content (AvgIpc) is 3.04. The van der Waals surface area contributed by atoms with Crippen LogP contribution in [0.1, 0.15) is 49.5 Å². The highest BCUT2D eigenvalue weighted by molar-refractivity contribution is 7.16. The van der Waals surface area contributed by atoms with Gasteiger partial charge in [-0.1, -0.05) is 11.3 Å². The molecule has 1 aromatic heterocycles. The summed E-state index contributed by atoms with van der Waals surface area (Å²) < 4.78 is 2.67. The minimum atomic E-state index is -0.139. The standard InChI is InChI=1S/C22H25N3O2S/c1-15(2)25-19-11-8-17(14-20(19)28-22(25)27)23-21(26)16-6-9-18(10-7-16)24-12-4-3-5-13-24/h6-11,14-15H,3-5,12-13H2,1-2H3,(H,23,26). The van der Waals surface area contributed by atoms with Crippen LogP contribution in [0.2, 0.25) is 0 Å². The first-order valence-electron chi connectivity index (χ1n) is 9.84. The Morgan fingerprint density at radius 3 is 2.43 bits per heavy atom. The Morgan fingerprint density at radius 1 is 1.04 bits per heavy atom. The molecule has 1 aliphatic rings. The van der Waals surface area contributed by atoms with Crippen LogP contribution in [0.25, 0.3) is 10.2 Å². The normalized spacial score (nSPS) is 14.6. The first-order chi connectivity index (χ1) is 13.5. The Labute approximate surface area is 168 Å². The summed E-state index contributed by atoms with van der Waals surface area (Å²) in [5.41, 5.74) is 3.43. The molecule has 0 aliphatic carbocycles. The van der Waals surface area contributed by atoms with Crippen LogP contribution < -0.4 is 15.1 Å². The molecule has 28 heavy (non-hydrogen) atoms. The van der Waals surface area contributed by atoms with E-state index >= 15 is 0 Å². The van der Waals surface area contributed by atoms with E-state index in [4.69, 9.17) is 0 Å². The van der Waals surface area contributed by atoms with E-state index in [2.05, 4.69) is 10.2 Å². The molecule has 0 atom stereocenters. The van der Waals surface area contributed by atoms with Crippen LogP contribution in [-0.2, 0) is 0 Å². The smallest absolute Gasteiger partial charge is 0.308 e. The number of benzene rings is 2. The highest BCUT2D eigenvalue weighted by atomic mass is 32.1. The van der Waals surface area contributed by atoms with Crippen molar-refractivity contribution in [3.63, 3.8) is 0 Å². The minimum absolute atomic E-state index is 0.0294. The lowest BCUT2D eigenvalue weighted by molar-refractivity contribution is 0.102. The molecule has 4 rings (SSSR count). The molecule has 2 aromatic carbocycles. The lowest BCUT2D eigenvalue weighted by atomic mass is 10.1. The average molecular weight is 396 g/mol. The zero-order chi connectivity index (χ0) is 19.7. The molecule has 1 N–H and O–H groups in total. The maximum absolute atomic E-state index is 12.6. The quantitative estimate of drug-likeness (QED) is 0.684. The molecule has 6 heteroatoms. The molecular formula is C22H25N3O2S. The van der Waals surface area contributed by atoms with Crippen molar-refractivity contribution < 1.29 is 4.79 Å². The molecule has 2 heterocycles. The third-order valence-corrected chi connectivity index (χ3v) is 6.16. The van der Waals surface area contributed by atoms with Crippen LogP contribution in [0.4, 0.5) is 11.4 Å². The number of nitrogens with one attached hydrogen (secondary N) is 1. The van der Waals surface area contributed by atoms with Gasteiger partial charge in [-0.15, -0.1) is 0 Å². The molecular weight excluding hydrogens is 370 g/mol. The van der Waals surface area contributed by atoms with Crippen molar-refractivity contribution in [2.45, 2.75) is 39.2 Å². The fourth-order valence-corrected chi connectivity index (χ4v) is 4.83. The van der Waals surface area contributed by atoms with E-state index in [9.17, 15) is 9.59 Å². The van der Waals surface area contributed by atoms with Crippen molar-refractivity contribution in [2.24, 2.45) is 0 Å². The number of hydrogen-bond acceptors (Lipinski definition) is 4. The van der Waals surface area contributed by atoms with E-state index in [0.29, 0.717) is 11.3 Å². The monoisotopic (exact) mass is 395 g/mol. The summed E-state index contributed by atoms with van der Waals surface area (Å²) in [4.78, 5) is 27.2. The van der Waals surface area contributed by atoms with Crippen LogP contribution in [-0.4, -0.2) is 23.6 Å². The number of anilines is 2. The van der Waals surface area contributed by atoms with Crippen LogP contribution in [0.5, 0.6) is 0 Å². The number of fused-ring (bicyclic) bond motifs is 1. The van der Waals surface area contributed by atoms with Crippen LogP contribution in [0.15, 0.2) is 47.3 Å². The maximum atomic E-state index is 12.6. The second-order valence-corrected chi connectivity index (χ2v) is 8.56. The molecule has 0 spiro atoms. The number of hydrogen-bond donors (Lipinski definition) is 1. The predicted octanol–water partition coefficient (Wildman–Crippen LogP) is 4.89. The van der Waals surface area contributed by atoms with Gasteiger partial charge in [0.05, 0.1) is 10.2 Å². The number of thiazole rings is 1. The summed E-state index contributed by atoms with van der Waals surface area (Å²) in [6, 6.07) is 13.6. The predicted molar refractivity (Wildman–Crippen MR) is 117 cm³/mol. The van der Waals surface area contributed by atoms with Gasteiger partial charge < -0.3 is 10.2 Å². The molecule has 1 saturated heterocycles. The van der Waals surface area contributed by atoms with Gasteiger partial charge in [0.2, 0.25) is 0 Å². The van der Waals surface area contributed by atoms with Gasteiger partial charge in [-0.2, -0.15) is 0 Å². The number of carbonyl (C=O) groups is 1. The van der Waals surface area contributed by atoms with Gasteiger partial charge in [-0.05, 0) is 75.6 Å². The molecule has 146 valence electrons. The highest BCUT2D eigenvalue weighted by Crippen LogP contribution is 2.25. The molecule has 1 aliphatic heterocycles. The molecule has 3 aromatic rings.